The Morgan fingerprint density at radius 1 is 1.00 bits per heavy atom. The number of ether oxygens (including phenoxy) is 1. The smallest absolute Gasteiger partial charge is 0.331 e. The zero-order chi connectivity index (χ0) is 15.9. The highest BCUT2D eigenvalue weighted by Gasteiger charge is 2.24. The molecule has 3 rings (SSSR count). The van der Waals surface area contributed by atoms with Crippen LogP contribution in [0.25, 0.3) is 0 Å². The van der Waals surface area contributed by atoms with Crippen molar-refractivity contribution >= 4 is 5.97 Å². The molecule has 0 radical (unpaired) electrons. The molecule has 2 aromatic carbocycles. The molecule has 3 aromatic rings. The molecular formula is C17H16N4O2. The largest absolute Gasteiger partial charge is 0.459 e. The van der Waals surface area contributed by atoms with Gasteiger partial charge in [0.25, 0.3) is 0 Å². The molecule has 1 atom stereocenters. The van der Waals surface area contributed by atoms with Crippen molar-refractivity contribution in [1.29, 1.82) is 0 Å². The first-order chi connectivity index (χ1) is 11.3. The fraction of sp³-hybridized carbons (Fsp3) is 0.176. The van der Waals surface area contributed by atoms with Crippen LogP contribution in [0.1, 0.15) is 17.2 Å². The Labute approximate surface area is 133 Å². The molecule has 0 bridgehead atoms. The molecule has 0 unspecified atom stereocenters. The Kier molecular flexibility index (Phi) is 4.73. The Balaban J connectivity index is 1.71. The summed E-state index contributed by atoms with van der Waals surface area (Å²) in [7, 11) is 0. The van der Waals surface area contributed by atoms with Gasteiger partial charge < -0.3 is 4.74 Å². The van der Waals surface area contributed by atoms with E-state index in [1.54, 1.807) is 0 Å². The maximum absolute atomic E-state index is 12.5. The molecule has 23 heavy (non-hydrogen) atoms. The van der Waals surface area contributed by atoms with Crippen molar-refractivity contribution in [1.82, 2.24) is 20.2 Å². The number of benzene rings is 2. The lowest BCUT2D eigenvalue weighted by atomic mass is 10.1. The van der Waals surface area contributed by atoms with Crippen LogP contribution in [-0.2, 0) is 22.6 Å². The Bertz CT molecular complexity index is 730. The van der Waals surface area contributed by atoms with Gasteiger partial charge in [0.05, 0.1) is 0 Å². The fourth-order valence-corrected chi connectivity index (χ4v) is 2.26. The Morgan fingerprint density at radius 3 is 2.26 bits per heavy atom. The van der Waals surface area contributed by atoms with E-state index in [1.807, 2.05) is 60.7 Å². The third kappa shape index (κ3) is 4.00. The molecule has 0 aliphatic rings. The third-order valence-electron chi connectivity index (χ3n) is 3.45. The van der Waals surface area contributed by atoms with Gasteiger partial charge in [-0.2, -0.15) is 0 Å². The van der Waals surface area contributed by atoms with Gasteiger partial charge in [-0.3, -0.25) is 0 Å². The van der Waals surface area contributed by atoms with Gasteiger partial charge in [0.1, 0.15) is 12.9 Å². The molecular weight excluding hydrogens is 292 g/mol. The molecule has 0 fully saturated rings. The molecule has 0 amide bonds. The van der Waals surface area contributed by atoms with Crippen LogP contribution in [0.15, 0.2) is 67.0 Å². The van der Waals surface area contributed by atoms with Crippen LogP contribution in [-0.4, -0.2) is 26.2 Å². The van der Waals surface area contributed by atoms with Crippen molar-refractivity contribution in [3.8, 4) is 0 Å². The lowest BCUT2D eigenvalue weighted by Gasteiger charge is -2.15. The predicted molar refractivity (Wildman–Crippen MR) is 83.2 cm³/mol. The first-order valence-corrected chi connectivity index (χ1v) is 7.30. The number of hydrogen-bond donors (Lipinski definition) is 0. The van der Waals surface area contributed by atoms with E-state index in [4.69, 9.17) is 4.74 Å². The van der Waals surface area contributed by atoms with E-state index in [-0.39, 0.29) is 12.6 Å². The van der Waals surface area contributed by atoms with E-state index in [2.05, 4.69) is 15.5 Å². The summed E-state index contributed by atoms with van der Waals surface area (Å²) < 4.78 is 6.86. The van der Waals surface area contributed by atoms with Crippen LogP contribution in [0.4, 0.5) is 0 Å². The second kappa shape index (κ2) is 7.31. The minimum Gasteiger partial charge on any atom is -0.459 e. The lowest BCUT2D eigenvalue weighted by molar-refractivity contribution is -0.149. The van der Waals surface area contributed by atoms with Crippen molar-refractivity contribution in [3.63, 3.8) is 0 Å². The number of nitrogens with zero attached hydrogens (tertiary/aromatic N) is 4. The zero-order valence-corrected chi connectivity index (χ0v) is 12.4. The molecule has 1 heterocycles. The summed E-state index contributed by atoms with van der Waals surface area (Å²) in [6.07, 6.45) is 1.90. The molecule has 0 aliphatic heterocycles. The van der Waals surface area contributed by atoms with E-state index >= 15 is 0 Å². The number of rotatable bonds is 6. The third-order valence-corrected chi connectivity index (χ3v) is 3.45. The van der Waals surface area contributed by atoms with Crippen molar-refractivity contribution < 1.29 is 9.53 Å². The summed E-state index contributed by atoms with van der Waals surface area (Å²) in [4.78, 5) is 12.5. The van der Waals surface area contributed by atoms with Crippen molar-refractivity contribution in [3.05, 3.63) is 78.1 Å². The highest BCUT2D eigenvalue weighted by atomic mass is 16.5. The van der Waals surface area contributed by atoms with Crippen molar-refractivity contribution in [2.24, 2.45) is 0 Å². The monoisotopic (exact) mass is 308 g/mol. The average Bonchev–Trinajstić information content (AvgIpc) is 3.14. The molecule has 0 N–H and O–H groups in total. The van der Waals surface area contributed by atoms with Gasteiger partial charge in [-0.05, 0) is 21.6 Å². The second-order valence-electron chi connectivity index (χ2n) is 5.09. The number of carbonyl (C=O) groups excluding carboxylic acids is 1. The van der Waals surface area contributed by atoms with Crippen LogP contribution in [0, 0.1) is 0 Å². The van der Waals surface area contributed by atoms with Gasteiger partial charge in [-0.25, -0.2) is 9.48 Å². The summed E-state index contributed by atoms with van der Waals surface area (Å²) in [6, 6.07) is 18.7. The lowest BCUT2D eigenvalue weighted by Crippen LogP contribution is -2.24. The van der Waals surface area contributed by atoms with E-state index in [1.165, 1.54) is 11.0 Å². The van der Waals surface area contributed by atoms with E-state index in [9.17, 15) is 4.79 Å². The first-order valence-electron chi connectivity index (χ1n) is 7.30. The SMILES string of the molecule is O=C(OCc1ccccc1)[C@H](Cc1ccccc1)n1cnnn1. The molecule has 6 heteroatoms. The normalized spacial score (nSPS) is 11.8. The Morgan fingerprint density at radius 2 is 1.65 bits per heavy atom. The molecule has 0 aliphatic carbocycles. The zero-order valence-electron chi connectivity index (χ0n) is 12.4. The van der Waals surface area contributed by atoms with Crippen LogP contribution in [0.5, 0.6) is 0 Å². The number of hydrogen-bond acceptors (Lipinski definition) is 5. The molecule has 0 saturated heterocycles. The predicted octanol–water partition coefficient (Wildman–Crippen LogP) is 2.20. The van der Waals surface area contributed by atoms with Crippen LogP contribution >= 0.6 is 0 Å². The number of aromatic nitrogens is 4. The molecule has 0 spiro atoms. The van der Waals surface area contributed by atoms with Crippen LogP contribution < -0.4 is 0 Å². The molecule has 0 saturated carbocycles. The van der Waals surface area contributed by atoms with Gasteiger partial charge in [0.15, 0.2) is 6.04 Å². The number of esters is 1. The van der Waals surface area contributed by atoms with Gasteiger partial charge >= 0.3 is 5.97 Å². The highest BCUT2D eigenvalue weighted by Crippen LogP contribution is 2.15. The highest BCUT2D eigenvalue weighted by molar-refractivity contribution is 5.74. The molecule has 116 valence electrons. The van der Waals surface area contributed by atoms with Crippen molar-refractivity contribution in [2.75, 3.05) is 0 Å². The van der Waals surface area contributed by atoms with E-state index in [0.29, 0.717) is 6.42 Å². The fourth-order valence-electron chi connectivity index (χ4n) is 2.26. The maximum atomic E-state index is 12.5. The van der Waals surface area contributed by atoms with Gasteiger partial charge in [0.2, 0.25) is 0 Å². The van der Waals surface area contributed by atoms with Crippen LogP contribution in [0.2, 0.25) is 0 Å². The van der Waals surface area contributed by atoms with Gasteiger partial charge in [-0.15, -0.1) is 5.10 Å². The molecule has 6 nitrogen and oxygen atoms in total. The maximum Gasteiger partial charge on any atom is 0.331 e. The number of tetrazole rings is 1. The number of carbonyl (C=O) groups is 1. The van der Waals surface area contributed by atoms with Crippen LogP contribution in [0.3, 0.4) is 0 Å². The summed E-state index contributed by atoms with van der Waals surface area (Å²) in [5.74, 6) is -0.356. The summed E-state index contributed by atoms with van der Waals surface area (Å²) in [6.45, 7) is 0.229. The first kappa shape index (κ1) is 14.9. The van der Waals surface area contributed by atoms with Crippen molar-refractivity contribution in [2.45, 2.75) is 19.1 Å². The minimum atomic E-state index is -0.587. The van der Waals surface area contributed by atoms with Gasteiger partial charge in [0, 0.05) is 6.42 Å². The average molecular weight is 308 g/mol. The quantitative estimate of drug-likeness (QED) is 0.653. The minimum absolute atomic E-state index is 0.229. The van der Waals surface area contributed by atoms with E-state index in [0.717, 1.165) is 11.1 Å². The summed E-state index contributed by atoms with van der Waals surface area (Å²) >= 11 is 0. The summed E-state index contributed by atoms with van der Waals surface area (Å²) in [5, 5.41) is 11.1. The topological polar surface area (TPSA) is 69.9 Å². The van der Waals surface area contributed by atoms with E-state index < -0.39 is 6.04 Å². The standard InChI is InChI=1S/C17H16N4O2/c22-17(23-12-15-9-5-2-6-10-15)16(21-13-18-19-20-21)11-14-7-3-1-4-8-14/h1-10,13,16H,11-12H2/t16-/m0/s1. The Hall–Kier alpha value is -3.02. The molecule has 1 aromatic heterocycles. The van der Waals surface area contributed by atoms with Gasteiger partial charge in [-0.1, -0.05) is 60.7 Å². The second-order valence-corrected chi connectivity index (χ2v) is 5.09. The summed E-state index contributed by atoms with van der Waals surface area (Å²) in [5.41, 5.74) is 1.96.